The van der Waals surface area contributed by atoms with Gasteiger partial charge in [0.05, 0.1) is 5.56 Å². The third kappa shape index (κ3) is 3.50. The lowest BCUT2D eigenvalue weighted by molar-refractivity contribution is 0.0696. The first-order valence-corrected chi connectivity index (χ1v) is 7.32. The van der Waals surface area contributed by atoms with Crippen molar-refractivity contribution in [2.24, 2.45) is 5.92 Å². The summed E-state index contributed by atoms with van der Waals surface area (Å²) >= 11 is 0. The number of rotatable bonds is 5. The minimum absolute atomic E-state index is 0.154. The fraction of sp³-hybridized carbons (Fsp3) is 0.625. The maximum absolute atomic E-state index is 11.3. The van der Waals surface area contributed by atoms with E-state index < -0.39 is 5.97 Å². The molecule has 0 bridgehead atoms. The van der Waals surface area contributed by atoms with E-state index in [1.165, 1.54) is 12.8 Å². The lowest BCUT2D eigenvalue weighted by Crippen LogP contribution is -2.28. The molecule has 4 heteroatoms. The summed E-state index contributed by atoms with van der Waals surface area (Å²) in [5, 5.41) is 9.30. The van der Waals surface area contributed by atoms with Gasteiger partial charge in [-0.15, -0.1) is 0 Å². The molecule has 0 amide bonds. The second-order valence-corrected chi connectivity index (χ2v) is 6.64. The SMILES string of the molecule is CCN(CC1CC1)c1cc(C(=O)O)cc(C(C)(C)C)n1. The Morgan fingerprint density at radius 2 is 2.05 bits per heavy atom. The molecule has 0 aliphatic heterocycles. The molecule has 1 aliphatic carbocycles. The summed E-state index contributed by atoms with van der Waals surface area (Å²) in [6.07, 6.45) is 2.56. The van der Waals surface area contributed by atoms with Gasteiger partial charge in [-0.05, 0) is 37.8 Å². The largest absolute Gasteiger partial charge is 0.478 e. The number of carboxylic acids is 1. The zero-order chi connectivity index (χ0) is 14.9. The van der Waals surface area contributed by atoms with E-state index >= 15 is 0 Å². The van der Waals surface area contributed by atoms with Crippen LogP contribution in [0.15, 0.2) is 12.1 Å². The van der Waals surface area contributed by atoms with Gasteiger partial charge in [0.25, 0.3) is 0 Å². The Balaban J connectivity index is 2.39. The number of pyridine rings is 1. The van der Waals surface area contributed by atoms with Crippen LogP contribution < -0.4 is 4.90 Å². The minimum Gasteiger partial charge on any atom is -0.478 e. The van der Waals surface area contributed by atoms with Gasteiger partial charge < -0.3 is 10.0 Å². The van der Waals surface area contributed by atoms with Crippen LogP contribution in [0, 0.1) is 5.92 Å². The molecule has 0 spiro atoms. The molecule has 20 heavy (non-hydrogen) atoms. The van der Waals surface area contributed by atoms with E-state index in [0.29, 0.717) is 5.56 Å². The number of carbonyl (C=O) groups is 1. The summed E-state index contributed by atoms with van der Waals surface area (Å²) in [7, 11) is 0. The van der Waals surface area contributed by atoms with E-state index in [4.69, 9.17) is 4.98 Å². The number of carboxylic acid groups (broad SMARTS) is 1. The Kier molecular flexibility index (Phi) is 4.02. The molecule has 0 unspecified atom stereocenters. The summed E-state index contributed by atoms with van der Waals surface area (Å²) in [5.74, 6) is 0.661. The van der Waals surface area contributed by atoms with E-state index in [2.05, 4.69) is 32.6 Å². The van der Waals surface area contributed by atoms with Crippen LogP contribution in [0.4, 0.5) is 5.82 Å². The van der Waals surface area contributed by atoms with Crippen molar-refractivity contribution in [3.05, 3.63) is 23.4 Å². The van der Waals surface area contributed by atoms with Gasteiger partial charge in [-0.1, -0.05) is 20.8 Å². The van der Waals surface area contributed by atoms with Crippen molar-refractivity contribution in [1.82, 2.24) is 4.98 Å². The van der Waals surface area contributed by atoms with Crippen molar-refractivity contribution in [2.75, 3.05) is 18.0 Å². The highest BCUT2D eigenvalue weighted by Gasteiger charge is 2.26. The molecular formula is C16H24N2O2. The predicted octanol–water partition coefficient (Wildman–Crippen LogP) is 3.31. The number of aromatic nitrogens is 1. The number of hydrogen-bond donors (Lipinski definition) is 1. The summed E-state index contributed by atoms with van der Waals surface area (Å²) in [6.45, 7) is 10.1. The molecular weight excluding hydrogens is 252 g/mol. The smallest absolute Gasteiger partial charge is 0.335 e. The Bertz CT molecular complexity index is 502. The molecule has 2 rings (SSSR count). The van der Waals surface area contributed by atoms with Crippen LogP contribution in [-0.2, 0) is 5.41 Å². The molecule has 1 heterocycles. The average molecular weight is 276 g/mol. The topological polar surface area (TPSA) is 53.4 Å². The zero-order valence-corrected chi connectivity index (χ0v) is 12.8. The lowest BCUT2D eigenvalue weighted by atomic mass is 9.90. The fourth-order valence-electron chi connectivity index (χ4n) is 2.18. The van der Waals surface area contributed by atoms with Crippen LogP contribution in [0.5, 0.6) is 0 Å². The van der Waals surface area contributed by atoms with Gasteiger partial charge in [-0.3, -0.25) is 0 Å². The Hall–Kier alpha value is -1.58. The van der Waals surface area contributed by atoms with Gasteiger partial charge in [-0.2, -0.15) is 0 Å². The standard InChI is InChI=1S/C16H24N2O2/c1-5-18(10-11-6-7-11)14-9-12(15(19)20)8-13(17-14)16(2,3)4/h8-9,11H,5-7,10H2,1-4H3,(H,19,20). The van der Waals surface area contributed by atoms with Crippen LogP contribution in [0.1, 0.15) is 56.6 Å². The molecule has 1 aromatic rings. The van der Waals surface area contributed by atoms with E-state index in [9.17, 15) is 9.90 Å². The van der Waals surface area contributed by atoms with Crippen molar-refractivity contribution < 1.29 is 9.90 Å². The molecule has 4 nitrogen and oxygen atoms in total. The lowest BCUT2D eigenvalue weighted by Gasteiger charge is -2.25. The third-order valence-corrected chi connectivity index (χ3v) is 3.71. The van der Waals surface area contributed by atoms with E-state index in [1.54, 1.807) is 12.1 Å². The van der Waals surface area contributed by atoms with Crippen LogP contribution in [-0.4, -0.2) is 29.1 Å². The Morgan fingerprint density at radius 1 is 1.40 bits per heavy atom. The molecule has 0 radical (unpaired) electrons. The highest BCUT2D eigenvalue weighted by molar-refractivity contribution is 5.88. The Morgan fingerprint density at radius 3 is 2.50 bits per heavy atom. The number of hydrogen-bond acceptors (Lipinski definition) is 3. The molecule has 1 saturated carbocycles. The number of anilines is 1. The number of aromatic carboxylic acids is 1. The molecule has 1 aliphatic rings. The van der Waals surface area contributed by atoms with Crippen molar-refractivity contribution in [3.8, 4) is 0 Å². The molecule has 1 N–H and O–H groups in total. The van der Waals surface area contributed by atoms with Crippen LogP contribution >= 0.6 is 0 Å². The van der Waals surface area contributed by atoms with Gasteiger partial charge in [-0.25, -0.2) is 9.78 Å². The molecule has 110 valence electrons. The van der Waals surface area contributed by atoms with E-state index in [1.807, 2.05) is 0 Å². The highest BCUT2D eigenvalue weighted by atomic mass is 16.4. The first-order valence-electron chi connectivity index (χ1n) is 7.32. The van der Waals surface area contributed by atoms with Crippen LogP contribution in [0.2, 0.25) is 0 Å². The summed E-state index contributed by atoms with van der Waals surface area (Å²) in [4.78, 5) is 18.2. The minimum atomic E-state index is -0.887. The fourth-order valence-corrected chi connectivity index (χ4v) is 2.18. The number of nitrogens with zero attached hydrogens (tertiary/aromatic N) is 2. The van der Waals surface area contributed by atoms with Gasteiger partial charge in [0.15, 0.2) is 0 Å². The second-order valence-electron chi connectivity index (χ2n) is 6.64. The van der Waals surface area contributed by atoms with Crippen LogP contribution in [0.25, 0.3) is 0 Å². The van der Waals surface area contributed by atoms with Crippen molar-refractivity contribution >= 4 is 11.8 Å². The van der Waals surface area contributed by atoms with Gasteiger partial charge >= 0.3 is 5.97 Å². The molecule has 1 fully saturated rings. The van der Waals surface area contributed by atoms with Crippen molar-refractivity contribution in [2.45, 2.75) is 46.0 Å². The molecule has 0 saturated heterocycles. The Labute approximate surface area is 120 Å². The average Bonchev–Trinajstić information content (AvgIpc) is 3.18. The molecule has 0 aromatic carbocycles. The van der Waals surface area contributed by atoms with Crippen molar-refractivity contribution in [3.63, 3.8) is 0 Å². The first-order chi connectivity index (χ1) is 9.31. The van der Waals surface area contributed by atoms with E-state index in [0.717, 1.165) is 30.5 Å². The quantitative estimate of drug-likeness (QED) is 0.896. The van der Waals surface area contributed by atoms with Gasteiger partial charge in [0, 0.05) is 24.2 Å². The van der Waals surface area contributed by atoms with Gasteiger partial charge in [0.2, 0.25) is 0 Å². The van der Waals surface area contributed by atoms with Gasteiger partial charge in [0.1, 0.15) is 5.82 Å². The molecule has 1 aromatic heterocycles. The normalized spacial score (nSPS) is 15.2. The maximum atomic E-state index is 11.3. The first kappa shape index (κ1) is 14.8. The summed E-state index contributed by atoms with van der Waals surface area (Å²) in [5.41, 5.74) is 1.01. The summed E-state index contributed by atoms with van der Waals surface area (Å²) in [6, 6.07) is 3.39. The third-order valence-electron chi connectivity index (χ3n) is 3.71. The predicted molar refractivity (Wildman–Crippen MR) is 80.5 cm³/mol. The van der Waals surface area contributed by atoms with Crippen molar-refractivity contribution in [1.29, 1.82) is 0 Å². The maximum Gasteiger partial charge on any atom is 0.335 e. The van der Waals surface area contributed by atoms with Crippen LogP contribution in [0.3, 0.4) is 0 Å². The monoisotopic (exact) mass is 276 g/mol. The highest BCUT2D eigenvalue weighted by Crippen LogP contribution is 2.32. The zero-order valence-electron chi connectivity index (χ0n) is 12.8. The van der Waals surface area contributed by atoms with E-state index in [-0.39, 0.29) is 5.41 Å². The second kappa shape index (κ2) is 5.43. The molecule has 0 atom stereocenters. The summed E-state index contributed by atoms with van der Waals surface area (Å²) < 4.78 is 0.